The van der Waals surface area contributed by atoms with Crippen molar-refractivity contribution in [3.05, 3.63) is 89.1 Å². The molecule has 1 amide bonds. The predicted octanol–water partition coefficient (Wildman–Crippen LogP) is 4.85. The summed E-state index contributed by atoms with van der Waals surface area (Å²) in [7, 11) is 1.56. The highest BCUT2D eigenvalue weighted by molar-refractivity contribution is 6.30. The molecule has 0 fully saturated rings. The summed E-state index contributed by atoms with van der Waals surface area (Å²) in [5, 5.41) is 3.05. The van der Waals surface area contributed by atoms with E-state index in [1.165, 1.54) is 13.1 Å². The van der Waals surface area contributed by atoms with Crippen LogP contribution in [0, 0.1) is 0 Å². The SMILES string of the molecule is COc1ccccc1/C=C(/C(=O)OC(C)C(=O)Nc1ccc(Cl)cn1)c1ccccc1. The number of anilines is 1. The molecule has 31 heavy (non-hydrogen) atoms. The van der Waals surface area contributed by atoms with Crippen LogP contribution in [0.2, 0.25) is 5.02 Å². The molecule has 3 rings (SSSR count). The van der Waals surface area contributed by atoms with E-state index in [1.807, 2.05) is 36.4 Å². The van der Waals surface area contributed by atoms with E-state index in [1.54, 1.807) is 43.5 Å². The summed E-state index contributed by atoms with van der Waals surface area (Å²) in [6, 6.07) is 19.6. The number of rotatable bonds is 7. The number of carbonyl (C=O) groups excluding carboxylic acids is 2. The number of hydrogen-bond acceptors (Lipinski definition) is 5. The van der Waals surface area contributed by atoms with E-state index in [0.717, 1.165) is 0 Å². The molecule has 0 saturated heterocycles. The van der Waals surface area contributed by atoms with E-state index in [9.17, 15) is 9.59 Å². The topological polar surface area (TPSA) is 77.5 Å². The lowest BCUT2D eigenvalue weighted by molar-refractivity contribution is -0.147. The van der Waals surface area contributed by atoms with E-state index in [-0.39, 0.29) is 0 Å². The van der Waals surface area contributed by atoms with Gasteiger partial charge in [-0.2, -0.15) is 0 Å². The van der Waals surface area contributed by atoms with Gasteiger partial charge in [-0.05, 0) is 36.8 Å². The van der Waals surface area contributed by atoms with Crippen molar-refractivity contribution in [3.63, 3.8) is 0 Å². The molecule has 1 heterocycles. The fraction of sp³-hybridized carbons (Fsp3) is 0.125. The zero-order valence-electron chi connectivity index (χ0n) is 17.0. The molecule has 0 aliphatic carbocycles. The first kappa shape index (κ1) is 22.1. The lowest BCUT2D eigenvalue weighted by Gasteiger charge is -2.15. The number of carbonyl (C=O) groups is 2. The molecule has 0 aliphatic rings. The lowest BCUT2D eigenvalue weighted by atomic mass is 10.0. The molecule has 0 saturated carbocycles. The molecule has 1 aromatic heterocycles. The molecule has 1 N–H and O–H groups in total. The van der Waals surface area contributed by atoms with Crippen molar-refractivity contribution >= 4 is 40.9 Å². The Labute approximate surface area is 185 Å². The zero-order chi connectivity index (χ0) is 22.2. The van der Waals surface area contributed by atoms with E-state index in [0.29, 0.717) is 33.3 Å². The summed E-state index contributed by atoms with van der Waals surface area (Å²) in [6.07, 6.45) is 2.05. The first-order valence-electron chi connectivity index (χ1n) is 9.51. The Kier molecular flexibility index (Phi) is 7.40. The van der Waals surface area contributed by atoms with Gasteiger partial charge in [-0.1, -0.05) is 60.1 Å². The summed E-state index contributed by atoms with van der Waals surface area (Å²) in [5.41, 5.74) is 1.67. The summed E-state index contributed by atoms with van der Waals surface area (Å²) in [5.74, 6) is -0.217. The molecule has 0 aliphatic heterocycles. The van der Waals surface area contributed by atoms with Gasteiger partial charge in [0, 0.05) is 11.8 Å². The first-order valence-corrected chi connectivity index (χ1v) is 9.89. The normalized spacial score (nSPS) is 12.0. The van der Waals surface area contributed by atoms with Crippen molar-refractivity contribution in [1.29, 1.82) is 0 Å². The van der Waals surface area contributed by atoms with E-state index in [4.69, 9.17) is 21.1 Å². The van der Waals surface area contributed by atoms with Gasteiger partial charge in [-0.15, -0.1) is 0 Å². The Morgan fingerprint density at radius 1 is 1.03 bits per heavy atom. The number of nitrogens with zero attached hydrogens (tertiary/aromatic N) is 1. The monoisotopic (exact) mass is 436 g/mol. The van der Waals surface area contributed by atoms with Crippen molar-refractivity contribution < 1.29 is 19.1 Å². The highest BCUT2D eigenvalue weighted by Crippen LogP contribution is 2.26. The number of ether oxygens (including phenoxy) is 2. The van der Waals surface area contributed by atoms with Crippen LogP contribution in [0.1, 0.15) is 18.1 Å². The summed E-state index contributed by atoms with van der Waals surface area (Å²) < 4.78 is 10.8. The number of hydrogen-bond donors (Lipinski definition) is 1. The van der Waals surface area contributed by atoms with Crippen molar-refractivity contribution in [1.82, 2.24) is 4.98 Å². The minimum Gasteiger partial charge on any atom is -0.496 e. The number of benzene rings is 2. The highest BCUT2D eigenvalue weighted by Gasteiger charge is 2.22. The molecule has 0 spiro atoms. The minimum atomic E-state index is -1.05. The zero-order valence-corrected chi connectivity index (χ0v) is 17.8. The van der Waals surface area contributed by atoms with Gasteiger partial charge in [0.05, 0.1) is 17.7 Å². The van der Waals surface area contributed by atoms with Crippen molar-refractivity contribution in [2.45, 2.75) is 13.0 Å². The van der Waals surface area contributed by atoms with Gasteiger partial charge in [-0.25, -0.2) is 9.78 Å². The second-order valence-electron chi connectivity index (χ2n) is 6.56. The van der Waals surface area contributed by atoms with Crippen molar-refractivity contribution in [2.24, 2.45) is 0 Å². The predicted molar refractivity (Wildman–Crippen MR) is 121 cm³/mol. The number of pyridine rings is 1. The van der Waals surface area contributed by atoms with Crippen LogP contribution in [0.3, 0.4) is 0 Å². The first-order chi connectivity index (χ1) is 15.0. The third kappa shape index (κ3) is 5.93. The van der Waals surface area contributed by atoms with Crippen LogP contribution in [0.25, 0.3) is 11.6 Å². The molecule has 0 bridgehead atoms. The van der Waals surface area contributed by atoms with E-state index in [2.05, 4.69) is 10.3 Å². The third-order valence-corrected chi connectivity index (χ3v) is 4.60. The third-order valence-electron chi connectivity index (χ3n) is 4.38. The standard InChI is InChI=1S/C24H21ClN2O4/c1-16(23(28)27-22-13-12-19(25)15-26-22)31-24(29)20(17-8-4-3-5-9-17)14-18-10-6-7-11-21(18)30-2/h3-16H,1-2H3,(H,26,27,28)/b20-14+. The number of amides is 1. The van der Waals surface area contributed by atoms with Gasteiger partial charge in [0.1, 0.15) is 11.6 Å². The average Bonchev–Trinajstić information content (AvgIpc) is 2.79. The Morgan fingerprint density at radius 3 is 2.42 bits per heavy atom. The largest absolute Gasteiger partial charge is 0.496 e. The summed E-state index contributed by atoms with van der Waals surface area (Å²) in [6.45, 7) is 1.49. The fourth-order valence-electron chi connectivity index (χ4n) is 2.77. The second-order valence-corrected chi connectivity index (χ2v) is 7.00. The Bertz CT molecular complexity index is 1080. The molecule has 1 atom stereocenters. The number of aromatic nitrogens is 1. The van der Waals surface area contributed by atoms with Gasteiger partial charge in [0.2, 0.25) is 0 Å². The molecule has 3 aromatic rings. The fourth-order valence-corrected chi connectivity index (χ4v) is 2.89. The maximum absolute atomic E-state index is 13.0. The maximum Gasteiger partial charge on any atom is 0.339 e. The van der Waals surface area contributed by atoms with Crippen molar-refractivity contribution in [2.75, 3.05) is 12.4 Å². The molecule has 0 radical (unpaired) electrons. The Balaban J connectivity index is 1.82. The number of methoxy groups -OCH3 is 1. The molecule has 2 aromatic carbocycles. The smallest absolute Gasteiger partial charge is 0.339 e. The summed E-state index contributed by atoms with van der Waals surface area (Å²) in [4.78, 5) is 29.5. The average molecular weight is 437 g/mol. The maximum atomic E-state index is 13.0. The van der Waals surface area contributed by atoms with E-state index < -0.39 is 18.0 Å². The molecule has 7 heteroatoms. The molecule has 158 valence electrons. The van der Waals surface area contributed by atoms with Gasteiger partial charge < -0.3 is 14.8 Å². The number of nitrogens with one attached hydrogen (secondary N) is 1. The van der Waals surface area contributed by atoms with Gasteiger partial charge in [0.15, 0.2) is 6.10 Å². The second kappa shape index (κ2) is 10.4. The van der Waals surface area contributed by atoms with Crippen LogP contribution in [0.4, 0.5) is 5.82 Å². The quantitative estimate of drug-likeness (QED) is 0.325. The van der Waals surface area contributed by atoms with Gasteiger partial charge in [0.25, 0.3) is 5.91 Å². The number of halogens is 1. The lowest BCUT2D eigenvalue weighted by Crippen LogP contribution is -2.30. The van der Waals surface area contributed by atoms with Gasteiger partial charge >= 0.3 is 5.97 Å². The van der Waals surface area contributed by atoms with Crippen molar-refractivity contribution in [3.8, 4) is 5.75 Å². The molecular weight excluding hydrogens is 416 g/mol. The van der Waals surface area contributed by atoms with E-state index >= 15 is 0 Å². The molecule has 1 unspecified atom stereocenters. The molecule has 6 nitrogen and oxygen atoms in total. The van der Waals surface area contributed by atoms with Crippen LogP contribution in [0.5, 0.6) is 5.75 Å². The number of esters is 1. The highest BCUT2D eigenvalue weighted by atomic mass is 35.5. The van der Waals surface area contributed by atoms with Crippen LogP contribution < -0.4 is 10.1 Å². The number of para-hydroxylation sites is 1. The Hall–Kier alpha value is -3.64. The summed E-state index contributed by atoms with van der Waals surface area (Å²) >= 11 is 5.80. The van der Waals surface area contributed by atoms with Crippen LogP contribution in [0.15, 0.2) is 72.9 Å². The van der Waals surface area contributed by atoms with Crippen LogP contribution >= 0.6 is 11.6 Å². The molecular formula is C24H21ClN2O4. The minimum absolute atomic E-state index is 0.300. The Morgan fingerprint density at radius 2 is 1.74 bits per heavy atom. The van der Waals surface area contributed by atoms with Crippen LogP contribution in [-0.2, 0) is 14.3 Å². The van der Waals surface area contributed by atoms with Gasteiger partial charge in [-0.3, -0.25) is 4.79 Å². The van der Waals surface area contributed by atoms with Crippen LogP contribution in [-0.4, -0.2) is 30.1 Å².